The SMILES string of the molecule is COc1ccc([C@@H]2[C@H](O)C(c3c[nH]c4ccccc34)=NN2C(=O)CN[C@H](C)c2cccs2)cc1. The molecule has 3 atom stereocenters. The fourth-order valence-electron chi connectivity index (χ4n) is 4.31. The number of nitrogens with one attached hydrogen (secondary N) is 2. The third kappa shape index (κ3) is 4.11. The van der Waals surface area contributed by atoms with Crippen molar-refractivity contribution in [2.45, 2.75) is 25.1 Å². The van der Waals surface area contributed by atoms with E-state index in [0.29, 0.717) is 11.5 Å². The molecule has 7 nitrogen and oxygen atoms in total. The predicted octanol–water partition coefficient (Wildman–Crippen LogP) is 4.24. The lowest BCUT2D eigenvalue weighted by atomic mass is 9.95. The van der Waals surface area contributed by atoms with E-state index in [0.717, 1.165) is 26.9 Å². The molecule has 0 unspecified atom stereocenters. The summed E-state index contributed by atoms with van der Waals surface area (Å²) < 4.78 is 5.28. The Kier molecular flexibility index (Phi) is 6.19. The van der Waals surface area contributed by atoms with Gasteiger partial charge in [0.2, 0.25) is 0 Å². The van der Waals surface area contributed by atoms with Gasteiger partial charge in [-0.3, -0.25) is 4.79 Å². The van der Waals surface area contributed by atoms with Gasteiger partial charge in [-0.05, 0) is 42.1 Å². The molecule has 1 aliphatic rings. The number of nitrogens with zero attached hydrogens (tertiary/aromatic N) is 2. The summed E-state index contributed by atoms with van der Waals surface area (Å²) >= 11 is 1.65. The van der Waals surface area contributed by atoms with Gasteiger partial charge in [-0.1, -0.05) is 36.4 Å². The van der Waals surface area contributed by atoms with E-state index in [2.05, 4.69) is 15.4 Å². The number of aromatic nitrogens is 1. The molecule has 0 saturated carbocycles. The van der Waals surface area contributed by atoms with Crippen LogP contribution < -0.4 is 10.1 Å². The van der Waals surface area contributed by atoms with Crippen LogP contribution in [0.25, 0.3) is 10.9 Å². The number of amides is 1. The van der Waals surface area contributed by atoms with Crippen LogP contribution in [-0.2, 0) is 4.79 Å². The van der Waals surface area contributed by atoms with Gasteiger partial charge in [0.15, 0.2) is 0 Å². The maximum absolute atomic E-state index is 13.4. The average molecular weight is 475 g/mol. The lowest BCUT2D eigenvalue weighted by Crippen LogP contribution is -2.39. The second-order valence-corrected chi connectivity index (χ2v) is 9.23. The van der Waals surface area contributed by atoms with Gasteiger partial charge in [-0.15, -0.1) is 11.3 Å². The van der Waals surface area contributed by atoms with Gasteiger partial charge in [-0.25, -0.2) is 5.01 Å². The zero-order chi connectivity index (χ0) is 23.7. The van der Waals surface area contributed by atoms with E-state index in [9.17, 15) is 9.90 Å². The first-order valence-corrected chi connectivity index (χ1v) is 12.0. The first-order chi connectivity index (χ1) is 16.6. The summed E-state index contributed by atoms with van der Waals surface area (Å²) in [6, 6.07) is 18.7. The zero-order valence-electron chi connectivity index (χ0n) is 18.9. The molecule has 3 N–H and O–H groups in total. The van der Waals surface area contributed by atoms with E-state index in [4.69, 9.17) is 4.74 Å². The van der Waals surface area contributed by atoms with Crippen molar-refractivity contribution in [3.05, 3.63) is 88.2 Å². The average Bonchev–Trinajstić information content (AvgIpc) is 3.61. The Balaban J connectivity index is 1.47. The Morgan fingerprint density at radius 2 is 2.00 bits per heavy atom. The summed E-state index contributed by atoms with van der Waals surface area (Å²) in [5.74, 6) is 0.497. The molecule has 2 aromatic carbocycles. The van der Waals surface area contributed by atoms with E-state index < -0.39 is 12.1 Å². The number of H-pyrrole nitrogens is 1. The summed E-state index contributed by atoms with van der Waals surface area (Å²) in [6.45, 7) is 2.13. The number of rotatable bonds is 7. The number of aliphatic hydroxyl groups excluding tert-OH is 1. The number of hydrogen-bond donors (Lipinski definition) is 3. The molecule has 3 heterocycles. The molecule has 5 rings (SSSR count). The monoisotopic (exact) mass is 474 g/mol. The molecular formula is C26H26N4O3S. The number of methoxy groups -OCH3 is 1. The molecule has 1 aliphatic heterocycles. The number of carbonyl (C=O) groups excluding carboxylic acids is 1. The second kappa shape index (κ2) is 9.42. The van der Waals surface area contributed by atoms with Crippen LogP contribution in [0.2, 0.25) is 0 Å². The van der Waals surface area contributed by atoms with Crippen LogP contribution in [0.1, 0.15) is 35.0 Å². The lowest BCUT2D eigenvalue weighted by Gasteiger charge is -2.25. The number of aliphatic hydroxyl groups is 1. The molecular weight excluding hydrogens is 448 g/mol. The van der Waals surface area contributed by atoms with Crippen LogP contribution in [0.15, 0.2) is 77.3 Å². The fraction of sp³-hybridized carbons (Fsp3) is 0.231. The van der Waals surface area contributed by atoms with Gasteiger partial charge in [0.05, 0.1) is 13.7 Å². The van der Waals surface area contributed by atoms with Crippen molar-refractivity contribution in [1.82, 2.24) is 15.3 Å². The minimum atomic E-state index is -0.980. The third-order valence-electron chi connectivity index (χ3n) is 6.17. The first-order valence-electron chi connectivity index (χ1n) is 11.1. The number of carbonyl (C=O) groups is 1. The largest absolute Gasteiger partial charge is 0.497 e. The highest BCUT2D eigenvalue weighted by Crippen LogP contribution is 2.35. The van der Waals surface area contributed by atoms with Crippen molar-refractivity contribution in [1.29, 1.82) is 0 Å². The number of benzene rings is 2. The quantitative estimate of drug-likeness (QED) is 0.374. The Morgan fingerprint density at radius 3 is 2.74 bits per heavy atom. The van der Waals surface area contributed by atoms with Crippen molar-refractivity contribution in [3.8, 4) is 5.75 Å². The van der Waals surface area contributed by atoms with E-state index in [1.54, 1.807) is 18.4 Å². The molecule has 174 valence electrons. The first kappa shape index (κ1) is 22.3. The van der Waals surface area contributed by atoms with E-state index in [-0.39, 0.29) is 18.5 Å². The highest BCUT2D eigenvalue weighted by molar-refractivity contribution is 7.10. The number of para-hydroxylation sites is 1. The molecule has 0 spiro atoms. The van der Waals surface area contributed by atoms with Crippen LogP contribution in [0.5, 0.6) is 5.75 Å². The van der Waals surface area contributed by atoms with Gasteiger partial charge in [-0.2, -0.15) is 5.10 Å². The Bertz CT molecular complexity index is 1310. The Labute approximate surface area is 201 Å². The number of fused-ring (bicyclic) bond motifs is 1. The van der Waals surface area contributed by atoms with Gasteiger partial charge >= 0.3 is 0 Å². The topological polar surface area (TPSA) is 90.0 Å². The minimum Gasteiger partial charge on any atom is -0.497 e. The molecule has 1 amide bonds. The van der Waals surface area contributed by atoms with Crippen molar-refractivity contribution >= 4 is 33.9 Å². The van der Waals surface area contributed by atoms with E-state index in [1.807, 2.05) is 79.2 Å². The van der Waals surface area contributed by atoms with Crippen LogP contribution >= 0.6 is 11.3 Å². The van der Waals surface area contributed by atoms with Gasteiger partial charge in [0.1, 0.15) is 23.6 Å². The van der Waals surface area contributed by atoms with Crippen molar-refractivity contribution in [3.63, 3.8) is 0 Å². The summed E-state index contributed by atoms with van der Waals surface area (Å²) in [5.41, 5.74) is 2.99. The van der Waals surface area contributed by atoms with Crippen molar-refractivity contribution in [2.24, 2.45) is 5.10 Å². The second-order valence-electron chi connectivity index (χ2n) is 8.25. The molecule has 0 radical (unpaired) electrons. The van der Waals surface area contributed by atoms with Crippen LogP contribution in [0.3, 0.4) is 0 Å². The highest BCUT2D eigenvalue weighted by Gasteiger charge is 2.41. The number of hydrazone groups is 1. The minimum absolute atomic E-state index is 0.0352. The zero-order valence-corrected chi connectivity index (χ0v) is 19.8. The molecule has 34 heavy (non-hydrogen) atoms. The molecule has 0 fully saturated rings. The number of thiophene rings is 1. The Hall–Kier alpha value is -3.46. The number of hydrogen-bond acceptors (Lipinski definition) is 6. The van der Waals surface area contributed by atoms with E-state index in [1.165, 1.54) is 5.01 Å². The molecule has 8 heteroatoms. The van der Waals surface area contributed by atoms with Crippen LogP contribution in [-0.4, -0.2) is 46.5 Å². The smallest absolute Gasteiger partial charge is 0.257 e. The molecule has 0 bridgehead atoms. The molecule has 0 saturated heterocycles. The number of ether oxygens (including phenoxy) is 1. The number of aromatic amines is 1. The predicted molar refractivity (Wildman–Crippen MR) is 134 cm³/mol. The van der Waals surface area contributed by atoms with Crippen LogP contribution in [0, 0.1) is 0 Å². The summed E-state index contributed by atoms with van der Waals surface area (Å²) in [4.78, 5) is 17.8. The van der Waals surface area contributed by atoms with E-state index >= 15 is 0 Å². The standard InChI is InChI=1S/C26H26N4O3S/c1-16(22-8-5-13-34-22)27-15-23(31)30-25(17-9-11-18(33-2)12-10-17)26(32)24(29-30)20-14-28-21-7-4-3-6-19(20)21/h3-14,16,25-28,32H,15H2,1-2H3/t16-,25-,26-/m1/s1. The van der Waals surface area contributed by atoms with Gasteiger partial charge in [0, 0.05) is 33.6 Å². The maximum atomic E-state index is 13.4. The lowest BCUT2D eigenvalue weighted by molar-refractivity contribution is -0.133. The van der Waals surface area contributed by atoms with Crippen molar-refractivity contribution in [2.75, 3.05) is 13.7 Å². The highest BCUT2D eigenvalue weighted by atomic mass is 32.1. The summed E-state index contributed by atoms with van der Waals surface area (Å²) in [6.07, 6.45) is 0.856. The van der Waals surface area contributed by atoms with Crippen molar-refractivity contribution < 1.29 is 14.6 Å². The summed E-state index contributed by atoms with van der Waals surface area (Å²) in [5, 5.41) is 23.8. The molecule has 4 aromatic rings. The molecule has 2 aromatic heterocycles. The normalized spacial score (nSPS) is 18.8. The maximum Gasteiger partial charge on any atom is 0.257 e. The third-order valence-corrected chi connectivity index (χ3v) is 7.22. The van der Waals surface area contributed by atoms with Gasteiger partial charge < -0.3 is 20.1 Å². The summed E-state index contributed by atoms with van der Waals surface area (Å²) in [7, 11) is 1.61. The van der Waals surface area contributed by atoms with Gasteiger partial charge in [0.25, 0.3) is 5.91 Å². The van der Waals surface area contributed by atoms with Crippen LogP contribution in [0.4, 0.5) is 0 Å². The fourth-order valence-corrected chi connectivity index (χ4v) is 5.07. The molecule has 0 aliphatic carbocycles. The Morgan fingerprint density at radius 1 is 1.21 bits per heavy atom.